The molecule has 0 aromatic carbocycles. The van der Waals surface area contributed by atoms with Crippen molar-refractivity contribution >= 4 is 17.9 Å². The highest BCUT2D eigenvalue weighted by Crippen LogP contribution is 2.74. The lowest BCUT2D eigenvalue weighted by Crippen LogP contribution is -2.62. The standard InChI is InChI=1S/C31H48O6/c1-26(2)15-16-31(24(34)35)14-11-20-28(5)12-9-19(27(3,4)25(36)37-8)30(7,18-23(32)33)21(28)10-13-29(20,6)22(31)17-26/h11,19,21-22H,9-10,12-18H2,1-8H3,(H,32,33)(H,34,35)/t19-,21-,22+,28-,29+,30-,31+/m0/s1. The Balaban J connectivity index is 1.83. The van der Waals surface area contributed by atoms with E-state index in [4.69, 9.17) is 4.74 Å². The van der Waals surface area contributed by atoms with Crippen molar-refractivity contribution in [3.8, 4) is 0 Å². The smallest absolute Gasteiger partial charge is 0.311 e. The predicted octanol–water partition coefficient (Wildman–Crippen LogP) is 6.73. The molecule has 3 fully saturated rings. The molecule has 3 saturated carbocycles. The molecule has 7 atom stereocenters. The van der Waals surface area contributed by atoms with Gasteiger partial charge in [-0.15, -0.1) is 0 Å². The van der Waals surface area contributed by atoms with Gasteiger partial charge in [0.1, 0.15) is 0 Å². The van der Waals surface area contributed by atoms with Crippen LogP contribution in [-0.2, 0) is 19.1 Å². The quantitative estimate of drug-likeness (QED) is 0.310. The highest BCUT2D eigenvalue weighted by molar-refractivity contribution is 5.77. The van der Waals surface area contributed by atoms with Gasteiger partial charge in [0.05, 0.1) is 24.4 Å². The first-order valence-corrected chi connectivity index (χ1v) is 14.2. The number of fused-ring (bicyclic) bond motifs is 5. The molecule has 0 saturated heterocycles. The van der Waals surface area contributed by atoms with Gasteiger partial charge >= 0.3 is 17.9 Å². The third-order valence-corrected chi connectivity index (χ3v) is 12.1. The molecular weight excluding hydrogens is 468 g/mol. The molecule has 0 amide bonds. The number of carboxylic acids is 2. The summed E-state index contributed by atoms with van der Waals surface area (Å²) in [6.45, 7) is 15.1. The van der Waals surface area contributed by atoms with Gasteiger partial charge in [0.2, 0.25) is 0 Å². The molecule has 0 heterocycles. The van der Waals surface area contributed by atoms with Crippen LogP contribution >= 0.6 is 0 Å². The monoisotopic (exact) mass is 516 g/mol. The van der Waals surface area contributed by atoms with Gasteiger partial charge in [-0.2, -0.15) is 0 Å². The lowest BCUT2D eigenvalue weighted by molar-refractivity contribution is -0.182. The normalized spacial score (nSPS) is 42.9. The third kappa shape index (κ3) is 3.90. The van der Waals surface area contributed by atoms with Crippen molar-refractivity contribution in [2.24, 2.45) is 50.2 Å². The molecule has 0 spiro atoms. The van der Waals surface area contributed by atoms with Gasteiger partial charge in [-0.05, 0) is 105 Å². The Morgan fingerprint density at radius 2 is 1.54 bits per heavy atom. The van der Waals surface area contributed by atoms with E-state index in [1.807, 2.05) is 13.8 Å². The number of hydrogen-bond donors (Lipinski definition) is 2. The molecule has 0 unspecified atom stereocenters. The van der Waals surface area contributed by atoms with Gasteiger partial charge in [-0.25, -0.2) is 0 Å². The Bertz CT molecular complexity index is 1020. The van der Waals surface area contributed by atoms with E-state index in [1.165, 1.54) is 12.7 Å². The number of aliphatic carboxylic acids is 2. The molecular formula is C31H48O6. The number of carbonyl (C=O) groups excluding carboxylic acids is 1. The molecule has 0 aliphatic heterocycles. The Kier molecular flexibility index (Phi) is 6.53. The first kappa shape index (κ1) is 28.2. The van der Waals surface area contributed by atoms with Crippen LogP contribution in [-0.4, -0.2) is 35.2 Å². The number of allylic oxidation sites excluding steroid dienone is 2. The van der Waals surface area contributed by atoms with E-state index >= 15 is 0 Å². The summed E-state index contributed by atoms with van der Waals surface area (Å²) < 4.78 is 5.19. The van der Waals surface area contributed by atoms with E-state index < -0.39 is 28.2 Å². The topological polar surface area (TPSA) is 101 Å². The summed E-state index contributed by atoms with van der Waals surface area (Å²) in [5.74, 6) is -1.74. The molecule has 37 heavy (non-hydrogen) atoms. The summed E-state index contributed by atoms with van der Waals surface area (Å²) in [6.07, 6.45) is 8.69. The molecule has 4 aliphatic rings. The second-order valence-corrected chi connectivity index (χ2v) is 15.0. The van der Waals surface area contributed by atoms with Crippen molar-refractivity contribution in [1.29, 1.82) is 0 Å². The van der Waals surface area contributed by atoms with Gasteiger partial charge in [-0.1, -0.05) is 46.3 Å². The van der Waals surface area contributed by atoms with E-state index in [1.54, 1.807) is 0 Å². The molecule has 4 aliphatic carbocycles. The molecule has 0 bridgehead atoms. The zero-order chi connectivity index (χ0) is 27.8. The number of methoxy groups -OCH3 is 1. The van der Waals surface area contributed by atoms with Crippen LogP contribution in [0.25, 0.3) is 0 Å². The Labute approximate surface area is 222 Å². The van der Waals surface area contributed by atoms with Crippen molar-refractivity contribution in [2.75, 3.05) is 7.11 Å². The van der Waals surface area contributed by atoms with Crippen LogP contribution in [0.15, 0.2) is 11.6 Å². The van der Waals surface area contributed by atoms with Crippen molar-refractivity contribution < 1.29 is 29.3 Å². The van der Waals surface area contributed by atoms with Crippen LogP contribution in [0.2, 0.25) is 0 Å². The fourth-order valence-corrected chi connectivity index (χ4v) is 10.4. The third-order valence-electron chi connectivity index (χ3n) is 12.1. The Hall–Kier alpha value is -1.85. The van der Waals surface area contributed by atoms with Crippen molar-refractivity contribution in [3.05, 3.63) is 11.6 Å². The van der Waals surface area contributed by atoms with E-state index in [9.17, 15) is 24.6 Å². The summed E-state index contributed by atoms with van der Waals surface area (Å²) in [7, 11) is 1.41. The van der Waals surface area contributed by atoms with Crippen LogP contribution in [0, 0.1) is 50.2 Å². The minimum absolute atomic E-state index is 0.0118. The average molecular weight is 517 g/mol. The number of rotatable bonds is 5. The summed E-state index contributed by atoms with van der Waals surface area (Å²) >= 11 is 0. The highest BCUT2D eigenvalue weighted by atomic mass is 16.5. The average Bonchev–Trinajstić information content (AvgIpc) is 2.77. The SMILES string of the molecule is COC(=O)C(C)(C)[C@@H]1CC[C@@]2(C)C3=CC[C@@]4(C(=O)O)CCC(C)(C)C[C@@H]4[C@]3(C)CC[C@@H]2[C@@]1(C)CC(=O)O. The first-order valence-electron chi connectivity index (χ1n) is 14.2. The summed E-state index contributed by atoms with van der Waals surface area (Å²) in [4.78, 5) is 38.0. The van der Waals surface area contributed by atoms with Crippen molar-refractivity contribution in [1.82, 2.24) is 0 Å². The minimum Gasteiger partial charge on any atom is -0.481 e. The highest BCUT2D eigenvalue weighted by Gasteiger charge is 2.68. The van der Waals surface area contributed by atoms with Crippen LogP contribution in [0.1, 0.15) is 106 Å². The molecule has 6 nitrogen and oxygen atoms in total. The van der Waals surface area contributed by atoms with Crippen molar-refractivity contribution in [3.63, 3.8) is 0 Å². The largest absolute Gasteiger partial charge is 0.481 e. The van der Waals surface area contributed by atoms with E-state index in [2.05, 4.69) is 40.7 Å². The van der Waals surface area contributed by atoms with Crippen LogP contribution in [0.4, 0.5) is 0 Å². The lowest BCUT2D eigenvalue weighted by Gasteiger charge is -2.68. The second-order valence-electron chi connectivity index (χ2n) is 15.0. The summed E-state index contributed by atoms with van der Waals surface area (Å²) in [5.41, 5.74) is -1.10. The molecule has 6 heteroatoms. The maximum Gasteiger partial charge on any atom is 0.311 e. The van der Waals surface area contributed by atoms with Crippen molar-refractivity contribution in [2.45, 2.75) is 106 Å². The maximum absolute atomic E-state index is 12.9. The number of esters is 1. The zero-order valence-electron chi connectivity index (χ0n) is 24.2. The molecule has 0 aromatic heterocycles. The number of hydrogen-bond acceptors (Lipinski definition) is 4. The Morgan fingerprint density at radius 1 is 0.946 bits per heavy atom. The number of ether oxygens (including phenoxy) is 1. The van der Waals surface area contributed by atoms with Gasteiger partial charge in [0.15, 0.2) is 0 Å². The van der Waals surface area contributed by atoms with Gasteiger partial charge in [0, 0.05) is 0 Å². The lowest BCUT2D eigenvalue weighted by atomic mass is 9.35. The number of carbonyl (C=O) groups is 3. The first-order chi connectivity index (χ1) is 16.9. The second kappa shape index (κ2) is 8.58. The van der Waals surface area contributed by atoms with Gasteiger partial charge in [0.25, 0.3) is 0 Å². The fraction of sp³-hybridized carbons (Fsp3) is 0.839. The van der Waals surface area contributed by atoms with Gasteiger partial charge in [-0.3, -0.25) is 14.4 Å². The molecule has 0 aromatic rings. The van der Waals surface area contributed by atoms with E-state index in [0.29, 0.717) is 12.8 Å². The van der Waals surface area contributed by atoms with E-state index in [0.717, 1.165) is 38.5 Å². The molecule has 4 rings (SSSR count). The van der Waals surface area contributed by atoms with Crippen LogP contribution in [0.5, 0.6) is 0 Å². The minimum atomic E-state index is -0.831. The predicted molar refractivity (Wildman–Crippen MR) is 142 cm³/mol. The van der Waals surface area contributed by atoms with Crippen LogP contribution < -0.4 is 0 Å². The fourth-order valence-electron chi connectivity index (χ4n) is 10.4. The Morgan fingerprint density at radius 3 is 2.11 bits per heavy atom. The van der Waals surface area contributed by atoms with Crippen LogP contribution in [0.3, 0.4) is 0 Å². The number of carboxylic acid groups (broad SMARTS) is 2. The molecule has 0 radical (unpaired) electrons. The maximum atomic E-state index is 12.9. The van der Waals surface area contributed by atoms with E-state index in [-0.39, 0.29) is 46.4 Å². The molecule has 2 N–H and O–H groups in total. The van der Waals surface area contributed by atoms with Gasteiger partial charge < -0.3 is 14.9 Å². The molecule has 208 valence electrons. The summed E-state index contributed by atoms with van der Waals surface area (Å²) in [6, 6.07) is 0. The summed E-state index contributed by atoms with van der Waals surface area (Å²) in [5, 5.41) is 20.6. The zero-order valence-corrected chi connectivity index (χ0v) is 24.2.